The van der Waals surface area contributed by atoms with E-state index >= 15 is 0 Å². The molecule has 0 aliphatic heterocycles. The summed E-state index contributed by atoms with van der Waals surface area (Å²) in [6.07, 6.45) is 4.38. The Hall–Kier alpha value is -1.38. The summed E-state index contributed by atoms with van der Waals surface area (Å²) in [4.78, 5) is 16.4. The molecule has 19 heavy (non-hydrogen) atoms. The van der Waals surface area contributed by atoms with Gasteiger partial charge in [0.15, 0.2) is 5.78 Å². The zero-order valence-corrected chi connectivity index (χ0v) is 12.0. The van der Waals surface area contributed by atoms with E-state index < -0.39 is 0 Å². The number of benzene rings is 1. The van der Waals surface area contributed by atoms with Crippen LogP contribution in [0.25, 0.3) is 0 Å². The summed E-state index contributed by atoms with van der Waals surface area (Å²) in [6, 6.07) is 7.07. The van der Waals surface area contributed by atoms with Crippen LogP contribution in [0.1, 0.15) is 28.4 Å². The number of hydrogen-bond donors (Lipinski definition) is 0. The molecule has 0 aliphatic carbocycles. The number of ketones is 1. The largest absolute Gasteiger partial charge is 0.294 e. The molecule has 1 aromatic carbocycles. The number of pyridine rings is 1. The van der Waals surface area contributed by atoms with E-state index in [1.54, 1.807) is 30.6 Å². The van der Waals surface area contributed by atoms with Gasteiger partial charge in [-0.1, -0.05) is 42.3 Å². The lowest BCUT2D eigenvalue weighted by molar-refractivity contribution is 0.0992. The minimum absolute atomic E-state index is 0.0309. The van der Waals surface area contributed by atoms with E-state index in [1.807, 2.05) is 13.0 Å². The topological polar surface area (TPSA) is 30.0 Å². The first-order chi connectivity index (χ1) is 9.13. The third-order valence-corrected chi connectivity index (χ3v) is 3.83. The second-order valence-corrected chi connectivity index (χ2v) is 4.98. The number of carbonyl (C=O) groups excluding carboxylic acids is 1. The third-order valence-electron chi connectivity index (χ3n) is 2.97. The number of hydrogen-bond acceptors (Lipinski definition) is 2. The van der Waals surface area contributed by atoms with E-state index in [0.717, 1.165) is 17.5 Å². The zero-order valence-electron chi connectivity index (χ0n) is 10.5. The summed E-state index contributed by atoms with van der Waals surface area (Å²) in [6.45, 7) is 2.00. The molecule has 0 saturated heterocycles. The van der Waals surface area contributed by atoms with Crippen molar-refractivity contribution in [2.75, 3.05) is 0 Å². The van der Waals surface area contributed by atoms with Crippen molar-refractivity contribution in [1.82, 2.24) is 4.98 Å². The van der Waals surface area contributed by atoms with E-state index in [1.165, 1.54) is 0 Å². The van der Waals surface area contributed by atoms with Crippen LogP contribution in [0.4, 0.5) is 0 Å². The number of nitrogens with zero attached hydrogens (tertiary/aromatic N) is 1. The van der Waals surface area contributed by atoms with Gasteiger partial charge in [0.2, 0.25) is 0 Å². The summed E-state index contributed by atoms with van der Waals surface area (Å²) < 4.78 is 0. The van der Waals surface area contributed by atoms with E-state index in [9.17, 15) is 4.79 Å². The summed E-state index contributed by atoms with van der Waals surface area (Å²) in [5.41, 5.74) is 2.40. The van der Waals surface area contributed by atoms with Gasteiger partial charge in [0.05, 0.1) is 10.0 Å². The van der Waals surface area contributed by atoms with Gasteiger partial charge in [-0.25, -0.2) is 0 Å². The van der Waals surface area contributed by atoms with E-state index in [2.05, 4.69) is 4.98 Å². The summed E-state index contributed by atoms with van der Waals surface area (Å²) in [7, 11) is 0. The predicted octanol–water partition coefficient (Wildman–Crippen LogP) is 4.38. The second-order valence-electron chi connectivity index (χ2n) is 4.20. The molecule has 0 bridgehead atoms. The standard InChI is InChI=1S/C15H13Cl2NO/c1-2-10-9-18-7-6-12(10)14(19)8-11-4-3-5-13(16)15(11)17/h3-7,9H,2,8H2,1H3. The Bertz CT molecular complexity index is 611. The van der Waals surface area contributed by atoms with Gasteiger partial charge < -0.3 is 0 Å². The van der Waals surface area contributed by atoms with Crippen LogP contribution < -0.4 is 0 Å². The van der Waals surface area contributed by atoms with Crippen molar-refractivity contribution in [3.63, 3.8) is 0 Å². The molecular weight excluding hydrogens is 281 g/mol. The monoisotopic (exact) mass is 293 g/mol. The van der Waals surface area contributed by atoms with Crippen molar-refractivity contribution in [3.8, 4) is 0 Å². The van der Waals surface area contributed by atoms with Gasteiger partial charge in [-0.05, 0) is 29.7 Å². The molecule has 98 valence electrons. The molecule has 0 saturated carbocycles. The number of halogens is 2. The van der Waals surface area contributed by atoms with Crippen LogP contribution in [0, 0.1) is 0 Å². The van der Waals surface area contributed by atoms with Crippen LogP contribution in [-0.2, 0) is 12.8 Å². The highest BCUT2D eigenvalue weighted by Crippen LogP contribution is 2.26. The minimum atomic E-state index is 0.0309. The normalized spacial score (nSPS) is 10.5. The molecule has 0 aliphatic rings. The predicted molar refractivity (Wildman–Crippen MR) is 78.1 cm³/mol. The minimum Gasteiger partial charge on any atom is -0.294 e. The van der Waals surface area contributed by atoms with Crippen LogP contribution in [0.5, 0.6) is 0 Å². The van der Waals surface area contributed by atoms with Gasteiger partial charge >= 0.3 is 0 Å². The molecular formula is C15H13Cl2NO. The average molecular weight is 294 g/mol. The number of carbonyl (C=O) groups is 1. The summed E-state index contributed by atoms with van der Waals surface area (Å²) in [5.74, 6) is 0.0309. The molecule has 0 N–H and O–H groups in total. The van der Waals surface area contributed by atoms with Gasteiger partial charge in [0.25, 0.3) is 0 Å². The Morgan fingerprint density at radius 3 is 2.74 bits per heavy atom. The lowest BCUT2D eigenvalue weighted by Gasteiger charge is -2.08. The summed E-state index contributed by atoms with van der Waals surface area (Å²) in [5, 5.41) is 0.919. The number of Topliss-reactive ketones (excluding diaryl/α,β-unsaturated/α-hetero) is 1. The molecule has 1 heterocycles. The van der Waals surface area contributed by atoms with Crippen LogP contribution in [-0.4, -0.2) is 10.8 Å². The molecule has 0 spiro atoms. The highest BCUT2D eigenvalue weighted by atomic mass is 35.5. The van der Waals surface area contributed by atoms with Gasteiger partial charge in [-0.2, -0.15) is 0 Å². The lowest BCUT2D eigenvalue weighted by Crippen LogP contribution is -2.07. The maximum atomic E-state index is 12.3. The molecule has 0 fully saturated rings. The zero-order chi connectivity index (χ0) is 13.8. The van der Waals surface area contributed by atoms with Crippen molar-refractivity contribution in [2.45, 2.75) is 19.8 Å². The molecule has 4 heteroatoms. The highest BCUT2D eigenvalue weighted by Gasteiger charge is 2.13. The molecule has 2 aromatic rings. The first-order valence-corrected chi connectivity index (χ1v) is 6.78. The number of aromatic nitrogens is 1. The summed E-state index contributed by atoms with van der Waals surface area (Å²) >= 11 is 12.1. The smallest absolute Gasteiger partial charge is 0.167 e. The van der Waals surface area contributed by atoms with E-state index in [-0.39, 0.29) is 12.2 Å². The van der Waals surface area contributed by atoms with Gasteiger partial charge in [-0.3, -0.25) is 9.78 Å². The molecule has 0 unspecified atom stereocenters. The molecule has 2 rings (SSSR count). The quantitative estimate of drug-likeness (QED) is 0.783. The molecule has 0 atom stereocenters. The highest BCUT2D eigenvalue weighted by molar-refractivity contribution is 6.42. The lowest BCUT2D eigenvalue weighted by atomic mass is 9.99. The maximum Gasteiger partial charge on any atom is 0.167 e. The maximum absolute atomic E-state index is 12.3. The molecule has 2 nitrogen and oxygen atoms in total. The fourth-order valence-corrected chi connectivity index (χ4v) is 2.32. The molecule has 1 aromatic heterocycles. The average Bonchev–Trinajstić information content (AvgIpc) is 2.43. The van der Waals surface area contributed by atoms with Gasteiger partial charge in [0, 0.05) is 24.4 Å². The fraction of sp³-hybridized carbons (Fsp3) is 0.200. The molecule has 0 amide bonds. The van der Waals surface area contributed by atoms with Gasteiger partial charge in [0.1, 0.15) is 0 Å². The van der Waals surface area contributed by atoms with Crippen molar-refractivity contribution in [2.24, 2.45) is 0 Å². The van der Waals surface area contributed by atoms with Crippen molar-refractivity contribution >= 4 is 29.0 Å². The fourth-order valence-electron chi connectivity index (χ4n) is 1.93. The first-order valence-electron chi connectivity index (χ1n) is 6.02. The first kappa shape index (κ1) is 14.0. The van der Waals surface area contributed by atoms with Crippen LogP contribution >= 0.6 is 23.2 Å². The van der Waals surface area contributed by atoms with Crippen LogP contribution in [0.15, 0.2) is 36.7 Å². The third kappa shape index (κ3) is 3.14. The number of rotatable bonds is 4. The Balaban J connectivity index is 2.28. The Morgan fingerprint density at radius 1 is 1.21 bits per heavy atom. The van der Waals surface area contributed by atoms with Crippen molar-refractivity contribution in [3.05, 3.63) is 63.4 Å². The molecule has 0 radical (unpaired) electrons. The van der Waals surface area contributed by atoms with Crippen LogP contribution in [0.3, 0.4) is 0 Å². The van der Waals surface area contributed by atoms with Gasteiger partial charge in [-0.15, -0.1) is 0 Å². The Kier molecular flexibility index (Phi) is 4.56. The SMILES string of the molecule is CCc1cnccc1C(=O)Cc1cccc(Cl)c1Cl. The number of aryl methyl sites for hydroxylation is 1. The van der Waals surface area contributed by atoms with E-state index in [4.69, 9.17) is 23.2 Å². The van der Waals surface area contributed by atoms with Crippen molar-refractivity contribution < 1.29 is 4.79 Å². The van der Waals surface area contributed by atoms with Crippen molar-refractivity contribution in [1.29, 1.82) is 0 Å². The Labute approximate surface area is 122 Å². The Morgan fingerprint density at radius 2 is 2.00 bits per heavy atom. The second kappa shape index (κ2) is 6.18. The van der Waals surface area contributed by atoms with Crippen LogP contribution in [0.2, 0.25) is 10.0 Å². The van der Waals surface area contributed by atoms with E-state index in [0.29, 0.717) is 15.6 Å².